The Morgan fingerprint density at radius 3 is 2.39 bits per heavy atom. The first kappa shape index (κ1) is 22.6. The lowest BCUT2D eigenvalue weighted by molar-refractivity contribution is -0.139. The number of amides is 2. The molecule has 2 amide bonds. The molecule has 0 radical (unpaired) electrons. The number of nitrogens with zero attached hydrogens (tertiary/aromatic N) is 2. The first-order chi connectivity index (χ1) is 16.0. The van der Waals surface area contributed by atoms with Crippen molar-refractivity contribution in [2.75, 3.05) is 20.2 Å². The van der Waals surface area contributed by atoms with Crippen LogP contribution in [0.2, 0.25) is 0 Å². The molecule has 170 valence electrons. The third-order valence-corrected chi connectivity index (χ3v) is 6.19. The highest BCUT2D eigenvalue weighted by atomic mass is 16.5. The molecule has 33 heavy (non-hydrogen) atoms. The number of aryl methyl sites for hydroxylation is 2. The summed E-state index contributed by atoms with van der Waals surface area (Å²) in [5, 5.41) is 0. The normalized spacial score (nSPS) is 16.1. The number of rotatable bonds is 7. The van der Waals surface area contributed by atoms with Crippen LogP contribution in [0.5, 0.6) is 5.75 Å². The van der Waals surface area contributed by atoms with Crippen LogP contribution in [0.4, 0.5) is 0 Å². The summed E-state index contributed by atoms with van der Waals surface area (Å²) < 4.78 is 5.20. The summed E-state index contributed by atoms with van der Waals surface area (Å²) in [6, 6.07) is 25.6. The van der Waals surface area contributed by atoms with E-state index in [1.807, 2.05) is 29.2 Å². The van der Waals surface area contributed by atoms with Crippen molar-refractivity contribution >= 4 is 11.8 Å². The van der Waals surface area contributed by atoms with E-state index in [4.69, 9.17) is 4.74 Å². The van der Waals surface area contributed by atoms with Crippen molar-refractivity contribution < 1.29 is 14.3 Å². The van der Waals surface area contributed by atoms with Crippen LogP contribution in [0.1, 0.15) is 33.5 Å². The molecule has 1 saturated heterocycles. The molecule has 0 spiro atoms. The van der Waals surface area contributed by atoms with Gasteiger partial charge in [0.15, 0.2) is 0 Å². The molecule has 1 aliphatic heterocycles. The fourth-order valence-corrected chi connectivity index (χ4v) is 4.40. The third kappa shape index (κ3) is 5.61. The molecule has 0 saturated carbocycles. The Balaban J connectivity index is 1.53. The lowest BCUT2D eigenvalue weighted by atomic mass is 10.00. The summed E-state index contributed by atoms with van der Waals surface area (Å²) in [6.07, 6.45) is 1.65. The predicted molar refractivity (Wildman–Crippen MR) is 129 cm³/mol. The van der Waals surface area contributed by atoms with Crippen LogP contribution in [0.15, 0.2) is 78.9 Å². The van der Waals surface area contributed by atoms with Gasteiger partial charge in [-0.3, -0.25) is 9.59 Å². The van der Waals surface area contributed by atoms with Gasteiger partial charge in [-0.25, -0.2) is 0 Å². The Kier molecular flexibility index (Phi) is 7.08. The van der Waals surface area contributed by atoms with Crippen LogP contribution in [-0.4, -0.2) is 47.9 Å². The van der Waals surface area contributed by atoms with Gasteiger partial charge in [0.2, 0.25) is 5.91 Å². The number of ether oxygens (including phenoxy) is 1. The minimum atomic E-state index is -0.120. The quantitative estimate of drug-likeness (QED) is 0.542. The maximum absolute atomic E-state index is 13.3. The van der Waals surface area contributed by atoms with E-state index in [0.717, 1.165) is 18.4 Å². The highest BCUT2D eigenvalue weighted by Crippen LogP contribution is 2.22. The topological polar surface area (TPSA) is 49.9 Å². The maximum atomic E-state index is 13.3. The van der Waals surface area contributed by atoms with E-state index < -0.39 is 0 Å². The molecule has 1 atom stereocenters. The molecule has 1 aliphatic rings. The van der Waals surface area contributed by atoms with E-state index in [2.05, 4.69) is 37.3 Å². The SMILES string of the molecule is COc1ccc(C(=O)N2CC(=O)N(Cc3cccc(C)c3)[C@@H](CCc3ccccc3)C2)cc1. The van der Waals surface area contributed by atoms with Gasteiger partial charge in [-0.05, 0) is 55.2 Å². The predicted octanol–water partition coefficient (Wildman–Crippen LogP) is 4.49. The summed E-state index contributed by atoms with van der Waals surface area (Å²) >= 11 is 0. The number of carbonyl (C=O) groups excluding carboxylic acids is 2. The van der Waals surface area contributed by atoms with Gasteiger partial charge in [-0.15, -0.1) is 0 Å². The minimum absolute atomic E-state index is 0.0114. The summed E-state index contributed by atoms with van der Waals surface area (Å²) in [5.74, 6) is 0.569. The van der Waals surface area contributed by atoms with Gasteiger partial charge in [-0.1, -0.05) is 60.2 Å². The molecular weight excluding hydrogens is 412 g/mol. The minimum Gasteiger partial charge on any atom is -0.497 e. The van der Waals surface area contributed by atoms with E-state index in [1.54, 1.807) is 36.3 Å². The number of piperazine rings is 1. The third-order valence-electron chi connectivity index (χ3n) is 6.19. The smallest absolute Gasteiger partial charge is 0.254 e. The molecule has 5 heteroatoms. The van der Waals surface area contributed by atoms with Crippen molar-refractivity contribution in [3.8, 4) is 5.75 Å². The summed E-state index contributed by atoms with van der Waals surface area (Å²) in [6.45, 7) is 3.24. The van der Waals surface area contributed by atoms with Gasteiger partial charge in [0.05, 0.1) is 13.2 Å². The molecule has 0 bridgehead atoms. The molecule has 1 fully saturated rings. The van der Waals surface area contributed by atoms with E-state index in [-0.39, 0.29) is 24.4 Å². The molecule has 0 aromatic heterocycles. The molecule has 4 rings (SSSR count). The van der Waals surface area contributed by atoms with E-state index in [1.165, 1.54) is 11.1 Å². The number of hydrogen-bond acceptors (Lipinski definition) is 3. The summed E-state index contributed by atoms with van der Waals surface area (Å²) in [5.41, 5.74) is 4.09. The Morgan fingerprint density at radius 2 is 1.70 bits per heavy atom. The zero-order valence-corrected chi connectivity index (χ0v) is 19.2. The molecule has 5 nitrogen and oxygen atoms in total. The number of hydrogen-bond donors (Lipinski definition) is 0. The summed E-state index contributed by atoms with van der Waals surface area (Å²) in [7, 11) is 1.60. The number of carbonyl (C=O) groups is 2. The lowest BCUT2D eigenvalue weighted by Gasteiger charge is -2.41. The van der Waals surface area contributed by atoms with Crippen LogP contribution in [-0.2, 0) is 17.8 Å². The van der Waals surface area contributed by atoms with Crippen LogP contribution in [0.25, 0.3) is 0 Å². The van der Waals surface area contributed by atoms with Crippen molar-refractivity contribution in [3.63, 3.8) is 0 Å². The fraction of sp³-hybridized carbons (Fsp3) is 0.286. The lowest BCUT2D eigenvalue weighted by Crippen LogP contribution is -2.57. The van der Waals surface area contributed by atoms with Crippen molar-refractivity contribution in [2.24, 2.45) is 0 Å². The largest absolute Gasteiger partial charge is 0.497 e. The second-order valence-corrected chi connectivity index (χ2v) is 8.60. The molecular formula is C28H30N2O3. The average Bonchev–Trinajstić information content (AvgIpc) is 2.84. The van der Waals surface area contributed by atoms with Crippen LogP contribution in [0, 0.1) is 6.92 Å². The van der Waals surface area contributed by atoms with Gasteiger partial charge in [0, 0.05) is 18.7 Å². The molecule has 0 N–H and O–H groups in total. The first-order valence-electron chi connectivity index (χ1n) is 11.4. The van der Waals surface area contributed by atoms with Gasteiger partial charge < -0.3 is 14.5 Å². The fourth-order valence-electron chi connectivity index (χ4n) is 4.40. The van der Waals surface area contributed by atoms with Gasteiger partial charge in [-0.2, -0.15) is 0 Å². The van der Waals surface area contributed by atoms with Crippen LogP contribution >= 0.6 is 0 Å². The monoisotopic (exact) mass is 442 g/mol. The maximum Gasteiger partial charge on any atom is 0.254 e. The molecule has 1 heterocycles. The molecule has 0 aliphatic carbocycles. The highest BCUT2D eigenvalue weighted by Gasteiger charge is 2.34. The van der Waals surface area contributed by atoms with Crippen molar-refractivity contribution in [1.29, 1.82) is 0 Å². The molecule has 3 aromatic carbocycles. The van der Waals surface area contributed by atoms with Gasteiger partial charge in [0.1, 0.15) is 12.3 Å². The second-order valence-electron chi connectivity index (χ2n) is 8.60. The van der Waals surface area contributed by atoms with Crippen LogP contribution < -0.4 is 4.74 Å². The Bertz CT molecular complexity index is 1100. The number of methoxy groups -OCH3 is 1. The standard InChI is InChI=1S/C28H30N2O3/c1-21-7-6-10-23(17-21)18-30-25(14-11-22-8-4-3-5-9-22)19-29(20-27(30)31)28(32)24-12-15-26(33-2)16-13-24/h3-10,12-13,15-17,25H,11,14,18-20H2,1-2H3/t25-/m0/s1. The van der Waals surface area contributed by atoms with E-state index in [9.17, 15) is 9.59 Å². The molecule has 0 unspecified atom stereocenters. The van der Waals surface area contributed by atoms with Crippen molar-refractivity contribution in [1.82, 2.24) is 9.80 Å². The summed E-state index contributed by atoms with van der Waals surface area (Å²) in [4.78, 5) is 30.1. The Hall–Kier alpha value is -3.60. The van der Waals surface area contributed by atoms with E-state index in [0.29, 0.717) is 24.4 Å². The van der Waals surface area contributed by atoms with Crippen molar-refractivity contribution in [3.05, 3.63) is 101 Å². The Labute approximate surface area is 195 Å². The van der Waals surface area contributed by atoms with Crippen molar-refractivity contribution in [2.45, 2.75) is 32.4 Å². The van der Waals surface area contributed by atoms with E-state index >= 15 is 0 Å². The average molecular weight is 443 g/mol. The Morgan fingerprint density at radius 1 is 0.970 bits per heavy atom. The second kappa shape index (κ2) is 10.3. The highest BCUT2D eigenvalue weighted by molar-refractivity contribution is 5.97. The first-order valence-corrected chi connectivity index (χ1v) is 11.4. The zero-order chi connectivity index (χ0) is 23.2. The molecule has 3 aromatic rings. The van der Waals surface area contributed by atoms with Gasteiger partial charge >= 0.3 is 0 Å². The zero-order valence-electron chi connectivity index (χ0n) is 19.2. The number of benzene rings is 3. The van der Waals surface area contributed by atoms with Gasteiger partial charge in [0.25, 0.3) is 5.91 Å². The van der Waals surface area contributed by atoms with Crippen LogP contribution in [0.3, 0.4) is 0 Å².